The molecule has 0 aliphatic rings. The highest BCUT2D eigenvalue weighted by Crippen LogP contribution is 2.25. The van der Waals surface area contributed by atoms with Crippen molar-refractivity contribution >= 4 is 5.91 Å². The average molecular weight is 277 g/mol. The SMILES string of the molecule is CC(C)CC(C)(C)C(=O)NCCC(O)c1ccccc1. The summed E-state index contributed by atoms with van der Waals surface area (Å²) in [7, 11) is 0. The summed E-state index contributed by atoms with van der Waals surface area (Å²) in [4.78, 5) is 12.1. The van der Waals surface area contributed by atoms with Crippen molar-refractivity contribution in [2.45, 2.75) is 46.6 Å². The van der Waals surface area contributed by atoms with E-state index in [0.29, 0.717) is 18.9 Å². The second-order valence-corrected chi connectivity index (χ2v) is 6.45. The highest BCUT2D eigenvalue weighted by Gasteiger charge is 2.28. The fraction of sp³-hybridized carbons (Fsp3) is 0.588. The molecule has 3 nitrogen and oxygen atoms in total. The predicted octanol–water partition coefficient (Wildman–Crippen LogP) is 3.30. The van der Waals surface area contributed by atoms with Gasteiger partial charge in [0.05, 0.1) is 6.10 Å². The summed E-state index contributed by atoms with van der Waals surface area (Å²) in [5.74, 6) is 0.553. The molecule has 0 saturated carbocycles. The maximum Gasteiger partial charge on any atom is 0.225 e. The molecule has 112 valence electrons. The number of carbonyl (C=O) groups is 1. The number of benzene rings is 1. The molecule has 0 bridgehead atoms. The van der Waals surface area contributed by atoms with E-state index in [0.717, 1.165) is 12.0 Å². The van der Waals surface area contributed by atoms with E-state index < -0.39 is 6.10 Å². The van der Waals surface area contributed by atoms with Crippen LogP contribution in [0.1, 0.15) is 52.2 Å². The smallest absolute Gasteiger partial charge is 0.225 e. The van der Waals surface area contributed by atoms with Gasteiger partial charge in [0.2, 0.25) is 5.91 Å². The third kappa shape index (κ3) is 5.33. The molecule has 0 aliphatic carbocycles. The Morgan fingerprint density at radius 3 is 2.40 bits per heavy atom. The fourth-order valence-electron chi connectivity index (χ4n) is 2.52. The van der Waals surface area contributed by atoms with Crippen LogP contribution in [0.25, 0.3) is 0 Å². The molecule has 0 spiro atoms. The monoisotopic (exact) mass is 277 g/mol. The molecule has 0 aromatic heterocycles. The number of hydrogen-bond acceptors (Lipinski definition) is 2. The third-order valence-electron chi connectivity index (χ3n) is 3.42. The van der Waals surface area contributed by atoms with E-state index in [-0.39, 0.29) is 11.3 Å². The van der Waals surface area contributed by atoms with E-state index in [4.69, 9.17) is 0 Å². The van der Waals surface area contributed by atoms with Gasteiger partial charge in [-0.25, -0.2) is 0 Å². The van der Waals surface area contributed by atoms with Gasteiger partial charge < -0.3 is 10.4 Å². The van der Waals surface area contributed by atoms with Crippen molar-refractivity contribution in [2.75, 3.05) is 6.54 Å². The maximum absolute atomic E-state index is 12.1. The number of nitrogens with one attached hydrogen (secondary N) is 1. The minimum atomic E-state index is -0.523. The van der Waals surface area contributed by atoms with E-state index in [1.165, 1.54) is 0 Å². The zero-order valence-corrected chi connectivity index (χ0v) is 13.0. The van der Waals surface area contributed by atoms with Gasteiger partial charge in [0.25, 0.3) is 0 Å². The Kier molecular flexibility index (Phi) is 6.21. The Morgan fingerprint density at radius 2 is 1.85 bits per heavy atom. The Morgan fingerprint density at radius 1 is 1.25 bits per heavy atom. The molecular weight excluding hydrogens is 250 g/mol. The first-order valence-corrected chi connectivity index (χ1v) is 7.34. The average Bonchev–Trinajstić information content (AvgIpc) is 2.38. The van der Waals surface area contributed by atoms with E-state index in [9.17, 15) is 9.90 Å². The Bertz CT molecular complexity index is 412. The Balaban J connectivity index is 2.39. The van der Waals surface area contributed by atoms with Crippen molar-refractivity contribution in [3.05, 3.63) is 35.9 Å². The number of amides is 1. The first-order chi connectivity index (χ1) is 9.33. The van der Waals surface area contributed by atoms with Crippen LogP contribution < -0.4 is 5.32 Å². The molecule has 1 atom stereocenters. The minimum absolute atomic E-state index is 0.0615. The second-order valence-electron chi connectivity index (χ2n) is 6.45. The third-order valence-corrected chi connectivity index (χ3v) is 3.42. The highest BCUT2D eigenvalue weighted by atomic mass is 16.3. The number of aliphatic hydroxyl groups is 1. The topological polar surface area (TPSA) is 49.3 Å². The van der Waals surface area contributed by atoms with Gasteiger partial charge in [-0.2, -0.15) is 0 Å². The summed E-state index contributed by atoms with van der Waals surface area (Å²) >= 11 is 0. The number of carbonyl (C=O) groups excluding carboxylic acids is 1. The van der Waals surface area contributed by atoms with Crippen LogP contribution in [0.15, 0.2) is 30.3 Å². The van der Waals surface area contributed by atoms with Gasteiger partial charge in [-0.15, -0.1) is 0 Å². The van der Waals surface area contributed by atoms with E-state index in [1.54, 1.807) is 0 Å². The summed E-state index contributed by atoms with van der Waals surface area (Å²) in [6.07, 6.45) is 0.873. The zero-order chi connectivity index (χ0) is 15.2. The quantitative estimate of drug-likeness (QED) is 0.803. The fourth-order valence-corrected chi connectivity index (χ4v) is 2.52. The maximum atomic E-state index is 12.1. The number of rotatable bonds is 7. The van der Waals surface area contributed by atoms with Crippen LogP contribution >= 0.6 is 0 Å². The van der Waals surface area contributed by atoms with Gasteiger partial charge in [0.15, 0.2) is 0 Å². The van der Waals surface area contributed by atoms with Crippen molar-refractivity contribution in [1.29, 1.82) is 0 Å². The van der Waals surface area contributed by atoms with Crippen LogP contribution in [0.2, 0.25) is 0 Å². The molecule has 0 radical (unpaired) electrons. The summed E-state index contributed by atoms with van der Waals surface area (Å²) in [6, 6.07) is 9.53. The van der Waals surface area contributed by atoms with Gasteiger partial charge in [0, 0.05) is 12.0 Å². The lowest BCUT2D eigenvalue weighted by molar-refractivity contribution is -0.130. The molecule has 1 aromatic rings. The Labute approximate surface area is 122 Å². The predicted molar refractivity (Wildman–Crippen MR) is 82.3 cm³/mol. The van der Waals surface area contributed by atoms with Gasteiger partial charge in [-0.05, 0) is 24.3 Å². The molecular formula is C17H27NO2. The summed E-state index contributed by atoms with van der Waals surface area (Å²) in [6.45, 7) is 8.67. The summed E-state index contributed by atoms with van der Waals surface area (Å²) in [5, 5.41) is 13.0. The first kappa shape index (κ1) is 16.7. The normalized spacial score (nSPS) is 13.3. The van der Waals surface area contributed by atoms with Crippen molar-refractivity contribution in [1.82, 2.24) is 5.32 Å². The van der Waals surface area contributed by atoms with Crippen LogP contribution in [0.5, 0.6) is 0 Å². The first-order valence-electron chi connectivity index (χ1n) is 7.34. The van der Waals surface area contributed by atoms with Crippen LogP contribution in [-0.4, -0.2) is 17.6 Å². The van der Waals surface area contributed by atoms with Gasteiger partial charge in [-0.3, -0.25) is 4.79 Å². The molecule has 2 N–H and O–H groups in total. The molecule has 0 aliphatic heterocycles. The zero-order valence-electron chi connectivity index (χ0n) is 13.0. The minimum Gasteiger partial charge on any atom is -0.388 e. The second kappa shape index (κ2) is 7.44. The van der Waals surface area contributed by atoms with Crippen LogP contribution in [0, 0.1) is 11.3 Å². The molecule has 3 heteroatoms. The van der Waals surface area contributed by atoms with Gasteiger partial charge >= 0.3 is 0 Å². The van der Waals surface area contributed by atoms with Crippen molar-refractivity contribution in [3.63, 3.8) is 0 Å². The molecule has 0 heterocycles. The van der Waals surface area contributed by atoms with E-state index in [1.807, 2.05) is 44.2 Å². The highest BCUT2D eigenvalue weighted by molar-refractivity contribution is 5.81. The lowest BCUT2D eigenvalue weighted by Gasteiger charge is -2.25. The standard InChI is InChI=1S/C17H27NO2/c1-13(2)12-17(3,4)16(20)18-11-10-15(19)14-8-6-5-7-9-14/h5-9,13,15,19H,10-12H2,1-4H3,(H,18,20). The van der Waals surface area contributed by atoms with Crippen molar-refractivity contribution in [2.24, 2.45) is 11.3 Å². The molecule has 0 saturated heterocycles. The molecule has 0 fully saturated rings. The lowest BCUT2D eigenvalue weighted by Crippen LogP contribution is -2.38. The number of aliphatic hydroxyl groups excluding tert-OH is 1. The summed E-state index contributed by atoms with van der Waals surface area (Å²) < 4.78 is 0. The number of hydrogen-bond donors (Lipinski definition) is 2. The van der Waals surface area contributed by atoms with Crippen molar-refractivity contribution in [3.8, 4) is 0 Å². The van der Waals surface area contributed by atoms with E-state index >= 15 is 0 Å². The van der Waals surface area contributed by atoms with Crippen molar-refractivity contribution < 1.29 is 9.90 Å². The molecule has 1 unspecified atom stereocenters. The molecule has 1 rings (SSSR count). The Hall–Kier alpha value is -1.35. The van der Waals surface area contributed by atoms with Crippen LogP contribution in [0.4, 0.5) is 0 Å². The lowest BCUT2D eigenvalue weighted by atomic mass is 9.83. The molecule has 20 heavy (non-hydrogen) atoms. The molecule has 1 amide bonds. The molecule has 1 aromatic carbocycles. The summed E-state index contributed by atoms with van der Waals surface area (Å²) in [5.41, 5.74) is 0.537. The van der Waals surface area contributed by atoms with Crippen LogP contribution in [-0.2, 0) is 4.79 Å². The largest absolute Gasteiger partial charge is 0.388 e. The van der Waals surface area contributed by atoms with Gasteiger partial charge in [0.1, 0.15) is 0 Å². The van der Waals surface area contributed by atoms with Gasteiger partial charge in [-0.1, -0.05) is 58.0 Å². The van der Waals surface area contributed by atoms with Crippen LogP contribution in [0.3, 0.4) is 0 Å². The van der Waals surface area contributed by atoms with E-state index in [2.05, 4.69) is 19.2 Å².